The predicted octanol–water partition coefficient (Wildman–Crippen LogP) is 3.18. The molecule has 180 valence electrons. The first kappa shape index (κ1) is 24.1. The van der Waals surface area contributed by atoms with Crippen molar-refractivity contribution in [3.63, 3.8) is 0 Å². The Morgan fingerprint density at radius 2 is 2.06 bits per heavy atom. The van der Waals surface area contributed by atoms with Crippen LogP contribution in [0.5, 0.6) is 5.75 Å². The largest absolute Gasteiger partial charge is 0.494 e. The second-order valence-corrected chi connectivity index (χ2v) is 8.66. The molecule has 1 saturated heterocycles. The lowest BCUT2D eigenvalue weighted by atomic mass is 10.0. The van der Waals surface area contributed by atoms with Gasteiger partial charge in [-0.1, -0.05) is 18.2 Å². The van der Waals surface area contributed by atoms with Crippen LogP contribution in [0.4, 0.5) is 0 Å². The summed E-state index contributed by atoms with van der Waals surface area (Å²) in [5, 5.41) is 10.8. The maximum atomic E-state index is 13.2. The first-order valence-electron chi connectivity index (χ1n) is 11.3. The van der Waals surface area contributed by atoms with E-state index in [0.717, 1.165) is 40.8 Å². The lowest BCUT2D eigenvalue weighted by molar-refractivity contribution is 0.0708. The molecular weight excluding hydrogens is 454 g/mol. The van der Waals surface area contributed by atoms with Gasteiger partial charge in [-0.3, -0.25) is 4.79 Å². The summed E-state index contributed by atoms with van der Waals surface area (Å²) < 4.78 is 9.75. The van der Waals surface area contributed by atoms with Gasteiger partial charge < -0.3 is 29.6 Å². The predicted molar refractivity (Wildman–Crippen MR) is 136 cm³/mol. The first-order valence-corrected chi connectivity index (χ1v) is 11.3. The number of methoxy groups -OCH3 is 1. The fraction of sp³-hybridized carbons (Fsp3) is 0.360. The van der Waals surface area contributed by atoms with Crippen molar-refractivity contribution in [1.82, 2.24) is 19.0 Å². The molecule has 2 aromatic carbocycles. The number of benzene rings is 2. The molecule has 0 spiro atoms. The van der Waals surface area contributed by atoms with E-state index in [-0.39, 0.29) is 31.0 Å². The van der Waals surface area contributed by atoms with Gasteiger partial charge in [0.15, 0.2) is 5.82 Å². The van der Waals surface area contributed by atoms with Crippen LogP contribution < -0.4 is 10.5 Å². The van der Waals surface area contributed by atoms with Gasteiger partial charge in [-0.25, -0.2) is 4.98 Å². The highest BCUT2D eigenvalue weighted by Gasteiger charge is 2.25. The monoisotopic (exact) mass is 483 g/mol. The zero-order chi connectivity index (χ0) is 23.1. The number of nitrogens with zero attached hydrogens (tertiary/aromatic N) is 4. The molecule has 0 bridgehead atoms. The normalized spacial score (nSPS) is 16.1. The van der Waals surface area contributed by atoms with Gasteiger partial charge in [-0.2, -0.15) is 0 Å². The third-order valence-corrected chi connectivity index (χ3v) is 6.51. The Kier molecular flexibility index (Phi) is 6.84. The number of fused-ring (bicyclic) bond motifs is 2. The van der Waals surface area contributed by atoms with E-state index in [1.54, 1.807) is 13.2 Å². The van der Waals surface area contributed by atoms with Crippen LogP contribution in [0.25, 0.3) is 33.5 Å². The van der Waals surface area contributed by atoms with Crippen molar-refractivity contribution < 1.29 is 14.6 Å². The van der Waals surface area contributed by atoms with Gasteiger partial charge >= 0.3 is 0 Å². The summed E-state index contributed by atoms with van der Waals surface area (Å²) >= 11 is 0. The lowest BCUT2D eigenvalue weighted by Gasteiger charge is -2.30. The maximum Gasteiger partial charge on any atom is 0.254 e. The van der Waals surface area contributed by atoms with Crippen molar-refractivity contribution in [3.8, 4) is 17.3 Å². The maximum absolute atomic E-state index is 13.2. The molecule has 3 N–H and O–H groups in total. The van der Waals surface area contributed by atoms with Crippen LogP contribution in [0.15, 0.2) is 42.5 Å². The molecule has 34 heavy (non-hydrogen) atoms. The molecule has 2 aromatic heterocycles. The van der Waals surface area contributed by atoms with Crippen molar-refractivity contribution >= 4 is 40.3 Å². The number of para-hydroxylation sites is 1. The number of likely N-dealkylation sites (tertiary alicyclic amines) is 1. The Labute approximate surface area is 204 Å². The second-order valence-electron chi connectivity index (χ2n) is 8.66. The van der Waals surface area contributed by atoms with Crippen LogP contribution in [-0.2, 0) is 13.6 Å². The van der Waals surface area contributed by atoms with E-state index in [1.807, 2.05) is 40.8 Å². The highest BCUT2D eigenvalue weighted by molar-refractivity contribution is 6.00. The highest BCUT2D eigenvalue weighted by atomic mass is 35.5. The number of amides is 1. The number of halogens is 1. The van der Waals surface area contributed by atoms with Crippen molar-refractivity contribution in [2.45, 2.75) is 25.4 Å². The summed E-state index contributed by atoms with van der Waals surface area (Å²) in [7, 11) is 3.55. The minimum absolute atomic E-state index is 0. The number of hydrogen-bond acceptors (Lipinski definition) is 5. The number of aryl methyl sites for hydroxylation is 1. The van der Waals surface area contributed by atoms with Gasteiger partial charge in [-0.15, -0.1) is 12.4 Å². The molecule has 5 rings (SSSR count). The van der Waals surface area contributed by atoms with Crippen LogP contribution in [0.2, 0.25) is 0 Å². The van der Waals surface area contributed by atoms with E-state index < -0.39 is 0 Å². The third kappa shape index (κ3) is 4.02. The Morgan fingerprint density at radius 1 is 1.26 bits per heavy atom. The Bertz CT molecular complexity index is 1350. The molecule has 0 saturated carbocycles. The molecule has 1 fully saturated rings. The summed E-state index contributed by atoms with van der Waals surface area (Å²) in [5.41, 5.74) is 10.1. The summed E-state index contributed by atoms with van der Waals surface area (Å²) in [6.07, 6.45) is 1.85. The van der Waals surface area contributed by atoms with Crippen LogP contribution in [-0.4, -0.2) is 62.9 Å². The highest BCUT2D eigenvalue weighted by Crippen LogP contribution is 2.34. The molecule has 0 aliphatic carbocycles. The summed E-state index contributed by atoms with van der Waals surface area (Å²) in [5.74, 6) is 1.30. The number of piperidine rings is 1. The van der Waals surface area contributed by atoms with E-state index in [0.29, 0.717) is 36.5 Å². The summed E-state index contributed by atoms with van der Waals surface area (Å²) in [4.78, 5) is 20.0. The lowest BCUT2D eigenvalue weighted by Crippen LogP contribution is -2.45. The van der Waals surface area contributed by atoms with Crippen molar-refractivity contribution in [1.29, 1.82) is 0 Å². The number of carbonyl (C=O) groups excluding carboxylic acids is 1. The molecule has 1 atom stereocenters. The van der Waals surface area contributed by atoms with Crippen molar-refractivity contribution in [2.75, 3.05) is 26.8 Å². The minimum Gasteiger partial charge on any atom is -0.494 e. The van der Waals surface area contributed by atoms with Crippen LogP contribution >= 0.6 is 12.4 Å². The van der Waals surface area contributed by atoms with Gasteiger partial charge in [0.2, 0.25) is 0 Å². The standard InChI is InChI=1S/C25H29N5O3.ClH/c1-28-23-19(12-17(14-22(23)33-2)25(32)29-9-5-7-18(26)15-29)27-24(28)21-13-16-6-3-4-8-20(16)30(21)10-11-31;/h3-4,6,8,12-14,18,31H,5,7,9-11,15,26H2,1-2H3;1H/t18-;/m1./s1. The van der Waals surface area contributed by atoms with Gasteiger partial charge in [0.1, 0.15) is 11.3 Å². The smallest absolute Gasteiger partial charge is 0.254 e. The number of aliphatic hydroxyl groups excluding tert-OH is 1. The van der Waals surface area contributed by atoms with Gasteiger partial charge in [0.05, 0.1) is 24.9 Å². The number of imidazole rings is 1. The Hall–Kier alpha value is -3.07. The molecule has 1 aliphatic rings. The van der Waals surface area contributed by atoms with Crippen molar-refractivity contribution in [2.24, 2.45) is 12.8 Å². The Morgan fingerprint density at radius 3 is 2.79 bits per heavy atom. The average molecular weight is 484 g/mol. The fourth-order valence-corrected chi connectivity index (χ4v) is 4.93. The molecule has 9 heteroatoms. The zero-order valence-electron chi connectivity index (χ0n) is 19.4. The van der Waals surface area contributed by atoms with Crippen LogP contribution in [0.1, 0.15) is 23.2 Å². The topological polar surface area (TPSA) is 98.5 Å². The first-order chi connectivity index (χ1) is 16.0. The number of nitrogens with two attached hydrogens (primary N) is 1. The van der Waals surface area contributed by atoms with Gasteiger partial charge in [0, 0.05) is 49.2 Å². The number of carbonyl (C=O) groups is 1. The van der Waals surface area contributed by atoms with E-state index in [4.69, 9.17) is 15.5 Å². The molecule has 0 radical (unpaired) electrons. The number of ether oxygens (including phenoxy) is 1. The zero-order valence-corrected chi connectivity index (χ0v) is 20.2. The number of aromatic nitrogens is 3. The molecule has 1 amide bonds. The van der Waals surface area contributed by atoms with E-state index in [9.17, 15) is 9.90 Å². The third-order valence-electron chi connectivity index (χ3n) is 6.51. The van der Waals surface area contributed by atoms with Gasteiger partial charge in [0.25, 0.3) is 5.91 Å². The van der Waals surface area contributed by atoms with Gasteiger partial charge in [-0.05, 0) is 37.1 Å². The Balaban J connectivity index is 0.00000274. The van der Waals surface area contributed by atoms with E-state index in [1.165, 1.54) is 0 Å². The summed E-state index contributed by atoms with van der Waals surface area (Å²) in [6, 6.07) is 13.8. The summed E-state index contributed by atoms with van der Waals surface area (Å²) in [6.45, 7) is 1.76. The molecule has 1 aliphatic heterocycles. The molecule has 4 aromatic rings. The van der Waals surface area contributed by atoms with E-state index >= 15 is 0 Å². The van der Waals surface area contributed by atoms with Crippen LogP contribution in [0.3, 0.4) is 0 Å². The SMILES string of the molecule is COc1cc(C(=O)N2CCC[C@@H](N)C2)cc2nc(-c3cc4ccccc4n3CCO)n(C)c12.Cl. The fourth-order valence-electron chi connectivity index (χ4n) is 4.93. The molecule has 8 nitrogen and oxygen atoms in total. The molecule has 3 heterocycles. The average Bonchev–Trinajstić information content (AvgIpc) is 3.36. The quantitative estimate of drug-likeness (QED) is 0.454. The second kappa shape index (κ2) is 9.66. The van der Waals surface area contributed by atoms with Crippen LogP contribution in [0, 0.1) is 0 Å². The number of hydrogen-bond donors (Lipinski definition) is 2. The van der Waals surface area contributed by atoms with Crippen molar-refractivity contribution in [3.05, 3.63) is 48.0 Å². The number of aliphatic hydroxyl groups is 1. The minimum atomic E-state index is -0.0491. The van der Waals surface area contributed by atoms with E-state index in [2.05, 4.69) is 16.7 Å². The molecular formula is C25H30ClN5O3. The number of rotatable bonds is 5. The molecule has 0 unspecified atom stereocenters.